The SMILES string of the molecule is CCc1c(CCl)nnn1CC1CCCO1. The first-order valence-corrected chi connectivity index (χ1v) is 5.97. The maximum atomic E-state index is 5.79. The summed E-state index contributed by atoms with van der Waals surface area (Å²) in [4.78, 5) is 0. The highest BCUT2D eigenvalue weighted by molar-refractivity contribution is 6.16. The van der Waals surface area contributed by atoms with Gasteiger partial charge in [0.1, 0.15) is 5.69 Å². The van der Waals surface area contributed by atoms with Crippen molar-refractivity contribution in [2.45, 2.75) is 44.7 Å². The third-order valence-corrected chi connectivity index (χ3v) is 3.03. The zero-order valence-corrected chi connectivity index (χ0v) is 9.70. The van der Waals surface area contributed by atoms with Crippen molar-refractivity contribution < 1.29 is 4.74 Å². The molecule has 1 fully saturated rings. The third-order valence-electron chi connectivity index (χ3n) is 2.78. The van der Waals surface area contributed by atoms with Crippen LogP contribution in [0, 0.1) is 0 Å². The fourth-order valence-electron chi connectivity index (χ4n) is 1.99. The van der Waals surface area contributed by atoms with Gasteiger partial charge in [-0.25, -0.2) is 4.68 Å². The van der Waals surface area contributed by atoms with Crippen molar-refractivity contribution in [3.8, 4) is 0 Å². The lowest BCUT2D eigenvalue weighted by Crippen LogP contribution is -2.18. The smallest absolute Gasteiger partial charge is 0.101 e. The van der Waals surface area contributed by atoms with Gasteiger partial charge in [0.25, 0.3) is 0 Å². The molecule has 1 aliphatic heterocycles. The lowest BCUT2D eigenvalue weighted by Gasteiger charge is -2.10. The largest absolute Gasteiger partial charge is 0.376 e. The van der Waals surface area contributed by atoms with E-state index in [0.717, 1.165) is 43.8 Å². The topological polar surface area (TPSA) is 39.9 Å². The molecule has 0 bridgehead atoms. The first-order valence-electron chi connectivity index (χ1n) is 5.44. The van der Waals surface area contributed by atoms with Crippen LogP contribution in [0.4, 0.5) is 0 Å². The minimum atomic E-state index is 0.306. The highest BCUT2D eigenvalue weighted by Gasteiger charge is 2.19. The Morgan fingerprint density at radius 1 is 1.60 bits per heavy atom. The number of hydrogen-bond donors (Lipinski definition) is 0. The Bertz CT molecular complexity index is 320. The average Bonchev–Trinajstić information content (AvgIpc) is 2.87. The molecular weight excluding hydrogens is 214 g/mol. The van der Waals surface area contributed by atoms with E-state index >= 15 is 0 Å². The number of aromatic nitrogens is 3. The minimum Gasteiger partial charge on any atom is -0.376 e. The Hall–Kier alpha value is -0.610. The van der Waals surface area contributed by atoms with Gasteiger partial charge in [0, 0.05) is 6.61 Å². The molecule has 1 aromatic rings. The van der Waals surface area contributed by atoms with Gasteiger partial charge in [-0.3, -0.25) is 0 Å². The average molecular weight is 230 g/mol. The van der Waals surface area contributed by atoms with Crippen LogP contribution in [0.1, 0.15) is 31.2 Å². The van der Waals surface area contributed by atoms with Crippen molar-refractivity contribution in [1.82, 2.24) is 15.0 Å². The summed E-state index contributed by atoms with van der Waals surface area (Å²) < 4.78 is 7.52. The molecule has 4 nitrogen and oxygen atoms in total. The molecule has 5 heteroatoms. The summed E-state index contributed by atoms with van der Waals surface area (Å²) in [5, 5.41) is 8.20. The number of rotatable bonds is 4. The molecule has 1 atom stereocenters. The molecule has 1 saturated heterocycles. The van der Waals surface area contributed by atoms with E-state index in [9.17, 15) is 0 Å². The summed E-state index contributed by atoms with van der Waals surface area (Å²) in [5.74, 6) is 0.439. The van der Waals surface area contributed by atoms with Crippen molar-refractivity contribution in [2.24, 2.45) is 0 Å². The second-order valence-electron chi connectivity index (χ2n) is 3.79. The van der Waals surface area contributed by atoms with Crippen LogP contribution < -0.4 is 0 Å². The zero-order valence-electron chi connectivity index (χ0n) is 8.95. The van der Waals surface area contributed by atoms with E-state index in [4.69, 9.17) is 16.3 Å². The normalized spacial score (nSPS) is 21.1. The molecule has 1 aromatic heterocycles. The van der Waals surface area contributed by atoms with E-state index < -0.39 is 0 Å². The van der Waals surface area contributed by atoms with Crippen molar-refractivity contribution >= 4 is 11.6 Å². The van der Waals surface area contributed by atoms with Crippen molar-refractivity contribution in [3.63, 3.8) is 0 Å². The van der Waals surface area contributed by atoms with Crippen LogP contribution in [-0.2, 0) is 23.6 Å². The maximum Gasteiger partial charge on any atom is 0.101 e. The van der Waals surface area contributed by atoms with E-state index in [1.54, 1.807) is 0 Å². The summed E-state index contributed by atoms with van der Waals surface area (Å²) in [6.45, 7) is 3.79. The number of hydrogen-bond acceptors (Lipinski definition) is 3. The molecule has 2 rings (SSSR count). The zero-order chi connectivity index (χ0) is 10.7. The van der Waals surface area contributed by atoms with Gasteiger partial charge in [-0.2, -0.15) is 0 Å². The molecule has 0 spiro atoms. The summed E-state index contributed by atoms with van der Waals surface area (Å²) in [6.07, 6.45) is 3.50. The number of ether oxygens (including phenoxy) is 1. The van der Waals surface area contributed by atoms with Crippen LogP contribution in [0.2, 0.25) is 0 Å². The lowest BCUT2D eigenvalue weighted by atomic mass is 10.2. The lowest BCUT2D eigenvalue weighted by molar-refractivity contribution is 0.0927. The molecule has 0 N–H and O–H groups in total. The Morgan fingerprint density at radius 2 is 2.47 bits per heavy atom. The van der Waals surface area contributed by atoms with Gasteiger partial charge < -0.3 is 4.74 Å². The third kappa shape index (κ3) is 2.32. The van der Waals surface area contributed by atoms with Crippen LogP contribution in [-0.4, -0.2) is 27.7 Å². The summed E-state index contributed by atoms with van der Waals surface area (Å²) >= 11 is 5.79. The monoisotopic (exact) mass is 229 g/mol. The van der Waals surface area contributed by atoms with E-state index in [1.165, 1.54) is 0 Å². The van der Waals surface area contributed by atoms with Crippen molar-refractivity contribution in [3.05, 3.63) is 11.4 Å². The molecule has 0 saturated carbocycles. The Labute approximate surface area is 94.6 Å². The van der Waals surface area contributed by atoms with Gasteiger partial charge in [0.05, 0.1) is 24.2 Å². The molecule has 0 aliphatic carbocycles. The minimum absolute atomic E-state index is 0.306. The van der Waals surface area contributed by atoms with Crippen molar-refractivity contribution in [2.75, 3.05) is 6.61 Å². The van der Waals surface area contributed by atoms with Gasteiger partial charge in [-0.1, -0.05) is 12.1 Å². The van der Waals surface area contributed by atoms with Crippen molar-refractivity contribution in [1.29, 1.82) is 0 Å². The molecule has 84 valence electrons. The first kappa shape index (κ1) is 10.9. The number of nitrogens with zero attached hydrogens (tertiary/aromatic N) is 3. The van der Waals surface area contributed by atoms with E-state index in [1.807, 2.05) is 4.68 Å². The van der Waals surface area contributed by atoms with Gasteiger partial charge in [-0.05, 0) is 19.3 Å². The molecule has 0 aromatic carbocycles. The highest BCUT2D eigenvalue weighted by Crippen LogP contribution is 2.16. The second kappa shape index (κ2) is 4.94. The van der Waals surface area contributed by atoms with Crippen LogP contribution in [0.25, 0.3) is 0 Å². The molecule has 1 aliphatic rings. The molecule has 2 heterocycles. The standard InChI is InChI=1S/C10H16ClN3O/c1-2-10-9(6-11)12-13-14(10)7-8-4-3-5-15-8/h8H,2-7H2,1H3. The van der Waals surface area contributed by atoms with E-state index in [0.29, 0.717) is 12.0 Å². The molecule has 0 amide bonds. The number of alkyl halides is 1. The van der Waals surface area contributed by atoms with Gasteiger partial charge in [0.15, 0.2) is 0 Å². The summed E-state index contributed by atoms with van der Waals surface area (Å²) in [6, 6.07) is 0. The fourth-order valence-corrected chi connectivity index (χ4v) is 2.19. The van der Waals surface area contributed by atoms with Crippen LogP contribution in [0.5, 0.6) is 0 Å². The van der Waals surface area contributed by atoms with E-state index in [-0.39, 0.29) is 0 Å². The Morgan fingerprint density at radius 3 is 3.07 bits per heavy atom. The summed E-state index contributed by atoms with van der Waals surface area (Å²) in [7, 11) is 0. The van der Waals surface area contributed by atoms with Gasteiger partial charge in [0.2, 0.25) is 0 Å². The van der Waals surface area contributed by atoms with Gasteiger partial charge in [-0.15, -0.1) is 16.7 Å². The maximum absolute atomic E-state index is 5.79. The van der Waals surface area contributed by atoms with Crippen LogP contribution in [0.15, 0.2) is 0 Å². The van der Waals surface area contributed by atoms with E-state index in [2.05, 4.69) is 17.2 Å². The molecule has 0 radical (unpaired) electrons. The molecule has 1 unspecified atom stereocenters. The van der Waals surface area contributed by atoms with Crippen LogP contribution >= 0.6 is 11.6 Å². The van der Waals surface area contributed by atoms with Crippen LogP contribution in [0.3, 0.4) is 0 Å². The Balaban J connectivity index is 2.09. The molecular formula is C10H16ClN3O. The Kier molecular flexibility index (Phi) is 3.59. The van der Waals surface area contributed by atoms with Gasteiger partial charge >= 0.3 is 0 Å². The predicted octanol–water partition coefficient (Wildman–Crippen LogP) is 1.76. The first-order chi connectivity index (χ1) is 7.35. The second-order valence-corrected chi connectivity index (χ2v) is 4.05. The highest BCUT2D eigenvalue weighted by atomic mass is 35.5. The summed E-state index contributed by atoms with van der Waals surface area (Å²) in [5.41, 5.74) is 2.04. The quantitative estimate of drug-likeness (QED) is 0.739. The fraction of sp³-hybridized carbons (Fsp3) is 0.800. The predicted molar refractivity (Wildman–Crippen MR) is 57.9 cm³/mol. The molecule has 15 heavy (non-hydrogen) atoms. The number of halogens is 1.